The van der Waals surface area contributed by atoms with Crippen molar-refractivity contribution in [1.82, 2.24) is 14.5 Å². The summed E-state index contributed by atoms with van der Waals surface area (Å²) in [5.74, 6) is 1.28. The topological polar surface area (TPSA) is 94.6 Å². The lowest BCUT2D eigenvalue weighted by atomic mass is 10.0. The number of piperidine rings is 1. The van der Waals surface area contributed by atoms with Crippen molar-refractivity contribution in [3.63, 3.8) is 0 Å². The monoisotopic (exact) mass is 465 g/mol. The molecule has 178 valence electrons. The number of rotatable bonds is 6. The summed E-state index contributed by atoms with van der Waals surface area (Å²) in [6.07, 6.45) is 4.51. The highest BCUT2D eigenvalue weighted by Crippen LogP contribution is 2.42. The molecule has 0 spiro atoms. The van der Waals surface area contributed by atoms with Crippen molar-refractivity contribution in [1.29, 1.82) is 0 Å². The zero-order chi connectivity index (χ0) is 23.7. The number of nitrogens with zero attached hydrogens (tertiary/aromatic N) is 3. The van der Waals surface area contributed by atoms with E-state index in [-0.39, 0.29) is 17.5 Å². The van der Waals surface area contributed by atoms with Gasteiger partial charge in [-0.15, -0.1) is 0 Å². The van der Waals surface area contributed by atoms with Crippen LogP contribution in [0.3, 0.4) is 0 Å². The number of benzene rings is 2. The number of hydrogen-bond donors (Lipinski definition) is 2. The molecular formula is C25H28FN5O3. The van der Waals surface area contributed by atoms with E-state index < -0.39 is 5.82 Å². The van der Waals surface area contributed by atoms with Crippen LogP contribution in [0.25, 0.3) is 11.1 Å². The summed E-state index contributed by atoms with van der Waals surface area (Å²) in [5, 5.41) is 3.20. The van der Waals surface area contributed by atoms with Gasteiger partial charge in [-0.25, -0.2) is 9.18 Å². The van der Waals surface area contributed by atoms with Gasteiger partial charge in [0, 0.05) is 19.1 Å². The Hall–Kier alpha value is -3.43. The van der Waals surface area contributed by atoms with Gasteiger partial charge in [-0.05, 0) is 67.7 Å². The Kier molecular flexibility index (Phi) is 6.21. The number of likely N-dealkylation sites (tertiary alicyclic amines) is 1. The highest BCUT2D eigenvalue weighted by molar-refractivity contribution is 5.78. The summed E-state index contributed by atoms with van der Waals surface area (Å²) in [6, 6.07) is 10.5. The van der Waals surface area contributed by atoms with E-state index in [0.717, 1.165) is 44.5 Å². The minimum absolute atomic E-state index is 0.0942. The van der Waals surface area contributed by atoms with Gasteiger partial charge in [-0.3, -0.25) is 4.57 Å². The van der Waals surface area contributed by atoms with Crippen molar-refractivity contribution in [2.24, 2.45) is 5.73 Å². The van der Waals surface area contributed by atoms with Crippen LogP contribution in [0, 0.1) is 5.82 Å². The number of anilines is 2. The van der Waals surface area contributed by atoms with Crippen LogP contribution in [0.2, 0.25) is 0 Å². The van der Waals surface area contributed by atoms with E-state index in [1.807, 2.05) is 18.2 Å². The van der Waals surface area contributed by atoms with Crippen molar-refractivity contribution in [2.45, 2.75) is 25.3 Å². The van der Waals surface area contributed by atoms with Gasteiger partial charge >= 0.3 is 5.69 Å². The summed E-state index contributed by atoms with van der Waals surface area (Å²) in [4.78, 5) is 19.5. The molecular weight excluding hydrogens is 437 g/mol. The summed E-state index contributed by atoms with van der Waals surface area (Å²) < 4.78 is 26.9. The number of fused-ring (bicyclic) bond motifs is 2. The Labute approximate surface area is 197 Å². The van der Waals surface area contributed by atoms with Gasteiger partial charge in [0.25, 0.3) is 0 Å². The largest absolute Gasteiger partial charge is 0.494 e. The van der Waals surface area contributed by atoms with E-state index >= 15 is 0 Å². The molecule has 0 radical (unpaired) electrons. The molecule has 1 saturated heterocycles. The molecule has 1 fully saturated rings. The number of ether oxygens (including phenoxy) is 2. The van der Waals surface area contributed by atoms with Gasteiger partial charge in [0.05, 0.1) is 19.0 Å². The van der Waals surface area contributed by atoms with Gasteiger partial charge in [-0.2, -0.15) is 4.98 Å². The fraction of sp³-hybridized carbons (Fsp3) is 0.360. The Morgan fingerprint density at radius 1 is 1.18 bits per heavy atom. The van der Waals surface area contributed by atoms with Crippen molar-refractivity contribution in [3.8, 4) is 28.4 Å². The standard InChI is InChI=1S/C25H28FN5O3/c1-33-21-5-3-16(13-19(21)26)17-4-6-22-20(14-17)28-24-23(34-22)15-31(25(32)29-24)18-7-11-30(12-8-18)10-2-9-27/h3-6,13-15,18H,2,7-12,27H2,1H3,(H,28,29,32). The minimum atomic E-state index is -0.431. The maximum absolute atomic E-state index is 14.2. The molecule has 2 aromatic carbocycles. The molecule has 0 amide bonds. The molecule has 2 aliphatic rings. The first-order chi connectivity index (χ1) is 16.6. The van der Waals surface area contributed by atoms with E-state index in [1.165, 1.54) is 13.2 Å². The number of nitrogens with one attached hydrogen (secondary N) is 1. The molecule has 3 heterocycles. The second kappa shape index (κ2) is 9.44. The van der Waals surface area contributed by atoms with E-state index in [4.69, 9.17) is 15.2 Å². The second-order valence-corrected chi connectivity index (χ2v) is 8.65. The lowest BCUT2D eigenvalue weighted by Crippen LogP contribution is -2.39. The average molecular weight is 466 g/mol. The number of aromatic nitrogens is 2. The van der Waals surface area contributed by atoms with E-state index in [9.17, 15) is 9.18 Å². The molecule has 9 heteroatoms. The van der Waals surface area contributed by atoms with Crippen LogP contribution in [0.5, 0.6) is 17.2 Å². The van der Waals surface area contributed by atoms with E-state index in [1.54, 1.807) is 22.9 Å². The lowest BCUT2D eigenvalue weighted by Gasteiger charge is -2.33. The molecule has 1 aromatic heterocycles. The molecule has 8 nitrogen and oxygen atoms in total. The maximum Gasteiger partial charge on any atom is 0.350 e. The molecule has 0 unspecified atom stereocenters. The molecule has 5 rings (SSSR count). The van der Waals surface area contributed by atoms with Gasteiger partial charge in [-0.1, -0.05) is 12.1 Å². The van der Waals surface area contributed by atoms with Crippen LogP contribution >= 0.6 is 0 Å². The Balaban J connectivity index is 1.35. The summed E-state index contributed by atoms with van der Waals surface area (Å²) in [7, 11) is 1.43. The molecule has 0 atom stereocenters. The van der Waals surface area contributed by atoms with Crippen molar-refractivity contribution >= 4 is 11.5 Å². The Bertz CT molecular complexity index is 1250. The minimum Gasteiger partial charge on any atom is -0.494 e. The predicted octanol–water partition coefficient (Wildman–Crippen LogP) is 3.89. The number of halogens is 1. The van der Waals surface area contributed by atoms with Crippen LogP contribution in [-0.4, -0.2) is 47.7 Å². The first-order valence-electron chi connectivity index (χ1n) is 11.5. The lowest BCUT2D eigenvalue weighted by molar-refractivity contribution is 0.182. The fourth-order valence-corrected chi connectivity index (χ4v) is 4.60. The van der Waals surface area contributed by atoms with Gasteiger partial charge in [0.15, 0.2) is 28.9 Å². The zero-order valence-corrected chi connectivity index (χ0v) is 19.1. The van der Waals surface area contributed by atoms with Crippen molar-refractivity contribution in [2.75, 3.05) is 38.6 Å². The zero-order valence-electron chi connectivity index (χ0n) is 19.1. The summed E-state index contributed by atoms with van der Waals surface area (Å²) >= 11 is 0. The second-order valence-electron chi connectivity index (χ2n) is 8.65. The third-order valence-corrected chi connectivity index (χ3v) is 6.48. The predicted molar refractivity (Wildman–Crippen MR) is 129 cm³/mol. The maximum atomic E-state index is 14.2. The number of hydrogen-bond acceptors (Lipinski definition) is 7. The normalized spacial score (nSPS) is 15.7. The van der Waals surface area contributed by atoms with E-state index in [2.05, 4.69) is 15.2 Å². The van der Waals surface area contributed by atoms with Crippen LogP contribution in [0.4, 0.5) is 15.9 Å². The quantitative estimate of drug-likeness (QED) is 0.446. The molecule has 2 aliphatic heterocycles. The van der Waals surface area contributed by atoms with Crippen LogP contribution in [0.15, 0.2) is 47.4 Å². The first-order valence-corrected chi connectivity index (χ1v) is 11.5. The van der Waals surface area contributed by atoms with Crippen molar-refractivity contribution < 1.29 is 13.9 Å². The van der Waals surface area contributed by atoms with Crippen LogP contribution in [-0.2, 0) is 0 Å². The molecule has 34 heavy (non-hydrogen) atoms. The molecule has 0 saturated carbocycles. The average Bonchev–Trinajstić information content (AvgIpc) is 2.86. The summed E-state index contributed by atoms with van der Waals surface area (Å²) in [5.41, 5.74) is 7.49. The van der Waals surface area contributed by atoms with Crippen molar-refractivity contribution in [3.05, 3.63) is 58.9 Å². The molecule has 3 aromatic rings. The fourth-order valence-electron chi connectivity index (χ4n) is 4.60. The SMILES string of the molecule is COc1ccc(-c2ccc3c(c2)Nc2nc(=O)n(C4CCN(CCCN)CC4)cc2O3)cc1F. The molecule has 0 aliphatic carbocycles. The Morgan fingerprint density at radius 3 is 2.68 bits per heavy atom. The highest BCUT2D eigenvalue weighted by Gasteiger charge is 2.25. The highest BCUT2D eigenvalue weighted by atomic mass is 19.1. The number of methoxy groups -OCH3 is 1. The van der Waals surface area contributed by atoms with Crippen LogP contribution in [0.1, 0.15) is 25.3 Å². The Morgan fingerprint density at radius 2 is 1.94 bits per heavy atom. The first kappa shape index (κ1) is 22.4. The van der Waals surface area contributed by atoms with E-state index in [0.29, 0.717) is 35.1 Å². The third kappa shape index (κ3) is 4.36. The van der Waals surface area contributed by atoms with Gasteiger partial charge < -0.3 is 25.4 Å². The van der Waals surface area contributed by atoms with Gasteiger partial charge in [0.2, 0.25) is 0 Å². The smallest absolute Gasteiger partial charge is 0.350 e. The molecule has 0 bridgehead atoms. The molecule has 3 N–H and O–H groups in total. The summed E-state index contributed by atoms with van der Waals surface area (Å²) in [6.45, 7) is 3.56. The third-order valence-electron chi connectivity index (χ3n) is 6.48. The number of nitrogens with two attached hydrogens (primary N) is 1. The van der Waals surface area contributed by atoms with Gasteiger partial charge in [0.1, 0.15) is 0 Å². The van der Waals surface area contributed by atoms with Crippen LogP contribution < -0.4 is 26.2 Å².